The van der Waals surface area contributed by atoms with E-state index in [-0.39, 0.29) is 18.4 Å². The van der Waals surface area contributed by atoms with Crippen molar-refractivity contribution in [3.8, 4) is 0 Å². The third-order valence-corrected chi connectivity index (χ3v) is 4.46. The average molecular weight is 316 g/mol. The molecule has 0 aliphatic carbocycles. The Kier molecular flexibility index (Phi) is 6.44. The van der Waals surface area contributed by atoms with Gasteiger partial charge < -0.3 is 16.0 Å². The van der Waals surface area contributed by atoms with Crippen molar-refractivity contribution in [1.29, 1.82) is 0 Å². The van der Waals surface area contributed by atoms with Gasteiger partial charge in [0.25, 0.3) is 0 Å². The highest BCUT2D eigenvalue weighted by molar-refractivity contribution is 5.93. The zero-order chi connectivity index (χ0) is 16.7. The summed E-state index contributed by atoms with van der Waals surface area (Å²) in [6.07, 6.45) is 4.51. The smallest absolute Gasteiger partial charge is 0.244 e. The summed E-state index contributed by atoms with van der Waals surface area (Å²) < 4.78 is 0. The van der Waals surface area contributed by atoms with Gasteiger partial charge >= 0.3 is 0 Å². The Morgan fingerprint density at radius 3 is 2.52 bits per heavy atom. The molecule has 1 atom stereocenters. The number of piperidine rings is 1. The monoisotopic (exact) mass is 316 g/mol. The Labute approximate surface area is 139 Å². The van der Waals surface area contributed by atoms with Crippen LogP contribution in [0.15, 0.2) is 29.3 Å². The number of nitrogens with zero attached hydrogens (tertiary/aromatic N) is 2. The largest absolute Gasteiger partial charge is 0.370 e. The number of benzene rings is 1. The topological polar surface area (TPSA) is 70.7 Å². The van der Waals surface area contributed by atoms with Crippen LogP contribution in [0, 0.1) is 0 Å². The molecule has 0 aromatic heterocycles. The van der Waals surface area contributed by atoms with Gasteiger partial charge in [0.05, 0.1) is 0 Å². The fraction of sp³-hybridized carbons (Fsp3) is 0.556. The number of anilines is 1. The number of rotatable bonds is 5. The normalized spacial score (nSPS) is 17.0. The minimum atomic E-state index is 0.0570. The number of hydrogen-bond acceptors (Lipinski definition) is 2. The summed E-state index contributed by atoms with van der Waals surface area (Å²) in [6, 6.07) is 8.19. The van der Waals surface area contributed by atoms with Crippen molar-refractivity contribution in [2.24, 2.45) is 10.7 Å². The summed E-state index contributed by atoms with van der Waals surface area (Å²) in [5.41, 5.74) is 8.08. The highest BCUT2D eigenvalue weighted by Gasteiger charge is 2.15. The van der Waals surface area contributed by atoms with Gasteiger partial charge in [0.15, 0.2) is 5.96 Å². The molecule has 1 aliphatic heterocycles. The van der Waals surface area contributed by atoms with Crippen LogP contribution in [0.2, 0.25) is 0 Å². The number of hydrogen-bond donors (Lipinski definition) is 2. The van der Waals surface area contributed by atoms with Crippen molar-refractivity contribution in [3.63, 3.8) is 0 Å². The molecule has 23 heavy (non-hydrogen) atoms. The molecule has 0 radical (unpaired) electrons. The van der Waals surface area contributed by atoms with E-state index in [9.17, 15) is 4.79 Å². The molecule has 1 aromatic rings. The van der Waals surface area contributed by atoms with E-state index in [1.165, 1.54) is 12.0 Å². The Balaban J connectivity index is 1.85. The van der Waals surface area contributed by atoms with E-state index in [1.807, 2.05) is 17.0 Å². The molecular weight excluding hydrogens is 288 g/mol. The molecule has 0 bridgehead atoms. The van der Waals surface area contributed by atoms with Crippen LogP contribution < -0.4 is 11.1 Å². The minimum absolute atomic E-state index is 0.0570. The summed E-state index contributed by atoms with van der Waals surface area (Å²) >= 11 is 0. The van der Waals surface area contributed by atoms with E-state index >= 15 is 0 Å². The maximum atomic E-state index is 12.0. The van der Waals surface area contributed by atoms with Gasteiger partial charge in [-0.1, -0.05) is 26.0 Å². The molecule has 1 saturated heterocycles. The van der Waals surface area contributed by atoms with Gasteiger partial charge in [0.1, 0.15) is 6.54 Å². The summed E-state index contributed by atoms with van der Waals surface area (Å²) in [4.78, 5) is 18.1. The maximum Gasteiger partial charge on any atom is 0.244 e. The van der Waals surface area contributed by atoms with Gasteiger partial charge in [-0.3, -0.25) is 4.79 Å². The van der Waals surface area contributed by atoms with Crippen LogP contribution in [-0.4, -0.2) is 36.4 Å². The first kappa shape index (κ1) is 17.3. The van der Waals surface area contributed by atoms with Crippen LogP contribution in [0.5, 0.6) is 0 Å². The predicted octanol–water partition coefficient (Wildman–Crippen LogP) is 2.94. The molecule has 3 N–H and O–H groups in total. The van der Waals surface area contributed by atoms with Crippen LogP contribution in [-0.2, 0) is 4.79 Å². The summed E-state index contributed by atoms with van der Waals surface area (Å²) in [5.74, 6) is 0.894. The molecule has 1 amide bonds. The molecule has 1 fully saturated rings. The van der Waals surface area contributed by atoms with Crippen LogP contribution in [0.3, 0.4) is 0 Å². The lowest BCUT2D eigenvalue weighted by molar-refractivity contribution is -0.130. The second kappa shape index (κ2) is 8.56. The number of likely N-dealkylation sites (tertiary alicyclic amines) is 1. The number of guanidine groups is 1. The fourth-order valence-electron chi connectivity index (χ4n) is 2.71. The van der Waals surface area contributed by atoms with Crippen LogP contribution in [0.1, 0.15) is 51.0 Å². The first-order chi connectivity index (χ1) is 11.1. The van der Waals surface area contributed by atoms with Crippen LogP contribution in [0.4, 0.5) is 5.69 Å². The van der Waals surface area contributed by atoms with Crippen molar-refractivity contribution < 1.29 is 4.79 Å². The number of amides is 1. The first-order valence-corrected chi connectivity index (χ1v) is 8.54. The predicted molar refractivity (Wildman–Crippen MR) is 95.7 cm³/mol. The molecule has 1 aromatic carbocycles. The standard InChI is InChI=1S/C18H28N4O/c1-3-14(2)15-7-9-16(10-8-15)21-18(19)20-13-17(23)22-11-5-4-6-12-22/h7-10,14H,3-6,11-13H2,1-2H3,(H3,19,20,21). The van der Waals surface area contributed by atoms with Crippen LogP contribution >= 0.6 is 0 Å². The van der Waals surface area contributed by atoms with Gasteiger partial charge in [0.2, 0.25) is 5.91 Å². The van der Waals surface area contributed by atoms with Gasteiger partial charge in [-0.25, -0.2) is 4.99 Å². The highest BCUT2D eigenvalue weighted by atomic mass is 16.2. The molecular formula is C18H28N4O. The molecule has 0 spiro atoms. The lowest BCUT2D eigenvalue weighted by Crippen LogP contribution is -2.37. The van der Waals surface area contributed by atoms with Crippen molar-refractivity contribution >= 4 is 17.6 Å². The number of carbonyl (C=O) groups excluding carboxylic acids is 1. The summed E-state index contributed by atoms with van der Waals surface area (Å²) in [5, 5.41) is 3.04. The van der Waals surface area contributed by atoms with Gasteiger partial charge in [-0.15, -0.1) is 0 Å². The van der Waals surface area contributed by atoms with E-state index in [0.29, 0.717) is 5.92 Å². The van der Waals surface area contributed by atoms with E-state index in [1.54, 1.807) is 0 Å². The zero-order valence-electron chi connectivity index (χ0n) is 14.2. The molecule has 126 valence electrons. The van der Waals surface area contributed by atoms with Crippen LogP contribution in [0.25, 0.3) is 0 Å². The average Bonchev–Trinajstić information content (AvgIpc) is 2.60. The number of nitrogens with one attached hydrogen (secondary N) is 1. The van der Waals surface area contributed by atoms with Gasteiger partial charge in [0, 0.05) is 18.8 Å². The highest BCUT2D eigenvalue weighted by Crippen LogP contribution is 2.20. The van der Waals surface area contributed by atoms with E-state index in [2.05, 4.69) is 36.3 Å². The Bertz CT molecular complexity index is 532. The first-order valence-electron chi connectivity index (χ1n) is 8.54. The molecule has 5 nitrogen and oxygen atoms in total. The lowest BCUT2D eigenvalue weighted by Gasteiger charge is -2.26. The summed E-state index contributed by atoms with van der Waals surface area (Å²) in [7, 11) is 0. The SMILES string of the molecule is CCC(C)c1ccc(NC(N)=NCC(=O)N2CCCCC2)cc1. The molecule has 2 rings (SSSR count). The van der Waals surface area contributed by atoms with Gasteiger partial charge in [-0.2, -0.15) is 0 Å². The van der Waals surface area contributed by atoms with E-state index in [0.717, 1.165) is 38.0 Å². The zero-order valence-corrected chi connectivity index (χ0v) is 14.2. The maximum absolute atomic E-state index is 12.0. The number of carbonyl (C=O) groups is 1. The van der Waals surface area contributed by atoms with Crippen molar-refractivity contribution in [2.45, 2.75) is 45.4 Å². The lowest BCUT2D eigenvalue weighted by atomic mass is 9.99. The van der Waals surface area contributed by atoms with Crippen molar-refractivity contribution in [3.05, 3.63) is 29.8 Å². The second-order valence-electron chi connectivity index (χ2n) is 6.20. The molecule has 5 heteroatoms. The van der Waals surface area contributed by atoms with Crippen molar-refractivity contribution in [2.75, 3.05) is 25.0 Å². The number of nitrogens with two attached hydrogens (primary N) is 1. The molecule has 1 unspecified atom stereocenters. The summed E-state index contributed by atoms with van der Waals surface area (Å²) in [6.45, 7) is 6.20. The van der Waals surface area contributed by atoms with Crippen molar-refractivity contribution in [1.82, 2.24) is 4.90 Å². The third-order valence-electron chi connectivity index (χ3n) is 4.46. The van der Waals surface area contributed by atoms with E-state index in [4.69, 9.17) is 5.73 Å². The molecule has 1 aliphatic rings. The number of aliphatic imine (C=N–C) groups is 1. The Hall–Kier alpha value is -2.04. The van der Waals surface area contributed by atoms with Gasteiger partial charge in [-0.05, 0) is 49.3 Å². The van der Waals surface area contributed by atoms with E-state index < -0.39 is 0 Å². The second-order valence-corrected chi connectivity index (χ2v) is 6.20. The fourth-order valence-corrected chi connectivity index (χ4v) is 2.71. The Morgan fingerprint density at radius 1 is 1.26 bits per heavy atom. The molecule has 0 saturated carbocycles. The molecule has 1 heterocycles. The minimum Gasteiger partial charge on any atom is -0.370 e. The Morgan fingerprint density at radius 2 is 1.91 bits per heavy atom. The quantitative estimate of drug-likeness (QED) is 0.648. The third kappa shape index (κ3) is 5.27.